The molecule has 3 rings (SSSR count). The number of carbonyl (C=O) groups excluding carboxylic acids is 1. The molecule has 0 saturated carbocycles. The van der Waals surface area contributed by atoms with E-state index in [1.165, 1.54) is 25.1 Å². The standard InChI is InChI=1S/C20H24N4O6S/c1-15-18(4-3-5-19(15)24(26)27)23(31(2,28)29)14-20(25)21-16-6-8-17(9-7-16)22-10-12-30-13-11-22/h3-9H,10-14H2,1-2H3,(H,21,25). The number of rotatable bonds is 7. The van der Waals surface area contributed by atoms with E-state index in [-0.39, 0.29) is 16.9 Å². The number of ether oxygens (including phenoxy) is 1. The lowest BCUT2D eigenvalue weighted by Crippen LogP contribution is -2.38. The van der Waals surface area contributed by atoms with Crippen LogP contribution in [0.25, 0.3) is 0 Å². The van der Waals surface area contributed by atoms with Crippen LogP contribution < -0.4 is 14.5 Å². The minimum atomic E-state index is -3.86. The summed E-state index contributed by atoms with van der Waals surface area (Å²) in [5.74, 6) is -0.560. The smallest absolute Gasteiger partial charge is 0.274 e. The van der Waals surface area contributed by atoms with Gasteiger partial charge in [-0.15, -0.1) is 0 Å². The maximum absolute atomic E-state index is 12.6. The van der Waals surface area contributed by atoms with Gasteiger partial charge in [-0.05, 0) is 37.3 Å². The summed E-state index contributed by atoms with van der Waals surface area (Å²) in [6, 6.07) is 11.3. The summed E-state index contributed by atoms with van der Waals surface area (Å²) < 4.78 is 30.9. The van der Waals surface area contributed by atoms with Crippen LogP contribution in [0.15, 0.2) is 42.5 Å². The average molecular weight is 449 g/mol. The second-order valence-corrected chi connectivity index (χ2v) is 9.05. The molecule has 1 amide bonds. The molecule has 0 unspecified atom stereocenters. The van der Waals surface area contributed by atoms with E-state index in [9.17, 15) is 23.3 Å². The van der Waals surface area contributed by atoms with Crippen LogP contribution in [0.1, 0.15) is 5.56 Å². The fraction of sp³-hybridized carbons (Fsp3) is 0.350. The maximum Gasteiger partial charge on any atom is 0.274 e. The molecule has 0 atom stereocenters. The van der Waals surface area contributed by atoms with Gasteiger partial charge in [0.1, 0.15) is 6.54 Å². The van der Waals surface area contributed by atoms with Crippen LogP contribution in [0.4, 0.5) is 22.7 Å². The summed E-state index contributed by atoms with van der Waals surface area (Å²) in [5, 5.41) is 13.9. The highest BCUT2D eigenvalue weighted by Gasteiger charge is 2.25. The number of hydrogen-bond acceptors (Lipinski definition) is 7. The Bertz CT molecular complexity index is 1070. The predicted octanol–water partition coefficient (Wildman–Crippen LogP) is 2.14. The van der Waals surface area contributed by atoms with Crippen molar-refractivity contribution in [3.8, 4) is 0 Å². The molecule has 2 aromatic carbocycles. The normalized spacial score (nSPS) is 14.2. The number of sulfonamides is 1. The fourth-order valence-corrected chi connectivity index (χ4v) is 4.28. The molecule has 0 aromatic heterocycles. The van der Waals surface area contributed by atoms with Gasteiger partial charge < -0.3 is 15.0 Å². The molecule has 0 spiro atoms. The Labute approximate surface area is 180 Å². The van der Waals surface area contributed by atoms with Crippen molar-refractivity contribution in [3.05, 3.63) is 58.1 Å². The van der Waals surface area contributed by atoms with Gasteiger partial charge in [0.05, 0.1) is 35.6 Å². The third kappa shape index (κ3) is 5.50. The zero-order valence-corrected chi connectivity index (χ0v) is 18.1. The molecule has 2 aromatic rings. The lowest BCUT2D eigenvalue weighted by atomic mass is 10.1. The Morgan fingerprint density at radius 1 is 1.19 bits per heavy atom. The Kier molecular flexibility index (Phi) is 6.76. The van der Waals surface area contributed by atoms with Crippen LogP contribution in [0.2, 0.25) is 0 Å². The largest absolute Gasteiger partial charge is 0.378 e. The van der Waals surface area contributed by atoms with Crippen LogP contribution in [-0.2, 0) is 19.6 Å². The van der Waals surface area contributed by atoms with E-state index in [1.54, 1.807) is 12.1 Å². The third-order valence-electron chi connectivity index (χ3n) is 4.96. The monoisotopic (exact) mass is 448 g/mol. The van der Waals surface area contributed by atoms with Gasteiger partial charge >= 0.3 is 0 Å². The van der Waals surface area contributed by atoms with E-state index in [1.807, 2.05) is 12.1 Å². The van der Waals surface area contributed by atoms with Crippen molar-refractivity contribution in [3.63, 3.8) is 0 Å². The highest BCUT2D eigenvalue weighted by molar-refractivity contribution is 7.92. The first-order valence-corrected chi connectivity index (χ1v) is 11.5. The highest BCUT2D eigenvalue weighted by atomic mass is 32.2. The lowest BCUT2D eigenvalue weighted by molar-refractivity contribution is -0.385. The first-order valence-electron chi connectivity index (χ1n) is 9.61. The number of nitro groups is 1. The Morgan fingerprint density at radius 3 is 2.42 bits per heavy atom. The third-order valence-corrected chi connectivity index (χ3v) is 6.08. The number of hydrogen-bond donors (Lipinski definition) is 1. The molecule has 0 radical (unpaired) electrons. The van der Waals surface area contributed by atoms with E-state index < -0.39 is 27.4 Å². The predicted molar refractivity (Wildman–Crippen MR) is 118 cm³/mol. The van der Waals surface area contributed by atoms with Crippen LogP contribution in [0, 0.1) is 17.0 Å². The molecule has 166 valence electrons. The molecule has 31 heavy (non-hydrogen) atoms. The van der Waals surface area contributed by atoms with Gasteiger partial charge in [-0.1, -0.05) is 6.07 Å². The summed E-state index contributed by atoms with van der Waals surface area (Å²) in [5.41, 5.74) is 1.57. The van der Waals surface area contributed by atoms with Crippen molar-refractivity contribution in [1.82, 2.24) is 0 Å². The summed E-state index contributed by atoms with van der Waals surface area (Å²) in [4.78, 5) is 25.4. The number of nitrogens with one attached hydrogen (secondary N) is 1. The van der Waals surface area contributed by atoms with Crippen LogP contribution in [0.3, 0.4) is 0 Å². The van der Waals surface area contributed by atoms with E-state index in [0.717, 1.165) is 29.3 Å². The molecule has 0 bridgehead atoms. The van der Waals surface area contributed by atoms with Crippen molar-refractivity contribution in [2.75, 3.05) is 53.6 Å². The average Bonchev–Trinajstić information content (AvgIpc) is 2.73. The van der Waals surface area contributed by atoms with Crippen molar-refractivity contribution in [1.29, 1.82) is 0 Å². The van der Waals surface area contributed by atoms with Crippen LogP contribution in [-0.4, -0.2) is 58.4 Å². The lowest BCUT2D eigenvalue weighted by Gasteiger charge is -2.29. The summed E-state index contributed by atoms with van der Waals surface area (Å²) in [6.07, 6.45) is 0.954. The van der Waals surface area contributed by atoms with E-state index in [2.05, 4.69) is 10.2 Å². The maximum atomic E-state index is 12.6. The number of carbonyl (C=O) groups is 1. The van der Waals surface area contributed by atoms with Gasteiger partial charge in [0, 0.05) is 30.5 Å². The molecule has 1 heterocycles. The molecule has 1 aliphatic heterocycles. The summed E-state index contributed by atoms with van der Waals surface area (Å²) in [7, 11) is -3.86. The zero-order valence-electron chi connectivity index (χ0n) is 17.3. The van der Waals surface area contributed by atoms with Crippen molar-refractivity contribution in [2.24, 2.45) is 0 Å². The van der Waals surface area contributed by atoms with Gasteiger partial charge in [0.25, 0.3) is 5.69 Å². The minimum Gasteiger partial charge on any atom is -0.378 e. The SMILES string of the molecule is Cc1c(N(CC(=O)Nc2ccc(N3CCOCC3)cc2)S(C)(=O)=O)cccc1[N+](=O)[O-]. The van der Waals surface area contributed by atoms with Gasteiger partial charge in [-0.25, -0.2) is 8.42 Å². The molecule has 0 aliphatic carbocycles. The second kappa shape index (κ2) is 9.31. The number of nitro benzene ring substituents is 1. The highest BCUT2D eigenvalue weighted by Crippen LogP contribution is 2.29. The molecular formula is C20H24N4O6S. The first kappa shape index (κ1) is 22.5. The number of nitrogens with zero attached hydrogens (tertiary/aromatic N) is 3. The molecule has 1 N–H and O–H groups in total. The number of morpholine rings is 1. The number of anilines is 3. The van der Waals surface area contributed by atoms with Crippen molar-refractivity contribution in [2.45, 2.75) is 6.92 Å². The van der Waals surface area contributed by atoms with E-state index in [4.69, 9.17) is 4.74 Å². The summed E-state index contributed by atoms with van der Waals surface area (Å²) >= 11 is 0. The van der Waals surface area contributed by atoms with Crippen LogP contribution in [0.5, 0.6) is 0 Å². The quantitative estimate of drug-likeness (QED) is 0.509. The molecule has 1 aliphatic rings. The van der Waals surface area contributed by atoms with Gasteiger partial charge in [0.15, 0.2) is 0 Å². The fourth-order valence-electron chi connectivity index (χ4n) is 3.37. The summed E-state index contributed by atoms with van der Waals surface area (Å²) in [6.45, 7) is 3.85. The molecule has 1 fully saturated rings. The molecular weight excluding hydrogens is 424 g/mol. The topological polar surface area (TPSA) is 122 Å². The molecule has 11 heteroatoms. The Balaban J connectivity index is 1.75. The van der Waals surface area contributed by atoms with Gasteiger partial charge in [-0.2, -0.15) is 0 Å². The molecule has 10 nitrogen and oxygen atoms in total. The van der Waals surface area contributed by atoms with Crippen LogP contribution >= 0.6 is 0 Å². The second-order valence-electron chi connectivity index (χ2n) is 7.14. The Hall–Kier alpha value is -3.18. The number of benzene rings is 2. The van der Waals surface area contributed by atoms with Crippen molar-refractivity contribution >= 4 is 38.7 Å². The minimum absolute atomic E-state index is 0.0921. The first-order chi connectivity index (χ1) is 14.7. The Morgan fingerprint density at radius 2 is 1.84 bits per heavy atom. The van der Waals surface area contributed by atoms with Gasteiger partial charge in [0.2, 0.25) is 15.9 Å². The van der Waals surface area contributed by atoms with E-state index in [0.29, 0.717) is 18.9 Å². The van der Waals surface area contributed by atoms with Crippen molar-refractivity contribution < 1.29 is 22.9 Å². The molecule has 1 saturated heterocycles. The van der Waals surface area contributed by atoms with Gasteiger partial charge in [-0.3, -0.25) is 19.2 Å². The number of amides is 1. The van der Waals surface area contributed by atoms with E-state index >= 15 is 0 Å². The zero-order chi connectivity index (χ0) is 22.6.